The molecule has 124 valence electrons. The van der Waals surface area contributed by atoms with Crippen molar-refractivity contribution in [2.24, 2.45) is 0 Å². The van der Waals surface area contributed by atoms with Crippen LogP contribution in [0.1, 0.15) is 12.5 Å². The van der Waals surface area contributed by atoms with Gasteiger partial charge in [0, 0.05) is 17.6 Å². The molecule has 1 aromatic carbocycles. The predicted octanol–water partition coefficient (Wildman–Crippen LogP) is 1.67. The van der Waals surface area contributed by atoms with Crippen molar-refractivity contribution in [3.63, 3.8) is 0 Å². The number of aryl methyl sites for hydroxylation is 1. The molecule has 0 aliphatic carbocycles. The summed E-state index contributed by atoms with van der Waals surface area (Å²) >= 11 is 3.37. The molecule has 0 fully saturated rings. The van der Waals surface area contributed by atoms with Gasteiger partial charge in [0.25, 0.3) is 0 Å². The average molecular weight is 393 g/mol. The first kappa shape index (κ1) is 18.9. The van der Waals surface area contributed by atoms with Crippen molar-refractivity contribution in [3.8, 4) is 0 Å². The maximum absolute atomic E-state index is 12.0. The Morgan fingerprint density at radius 2 is 2.09 bits per heavy atom. The molecule has 0 unspecified atom stereocenters. The molecular weight excluding hydrogens is 372 g/mol. The van der Waals surface area contributed by atoms with Crippen LogP contribution in [-0.2, 0) is 19.6 Å². The van der Waals surface area contributed by atoms with Gasteiger partial charge in [-0.15, -0.1) is 0 Å². The summed E-state index contributed by atoms with van der Waals surface area (Å²) in [4.78, 5) is 12.0. The third kappa shape index (κ3) is 5.58. The molecule has 0 saturated heterocycles. The lowest BCUT2D eigenvalue weighted by molar-refractivity contribution is -0.120. The minimum atomic E-state index is -3.56. The largest absolute Gasteiger partial charge is 0.383 e. The molecule has 1 N–H and O–H groups in total. The summed E-state index contributed by atoms with van der Waals surface area (Å²) in [7, 11) is -2.03. The zero-order valence-electron chi connectivity index (χ0n) is 13.1. The highest BCUT2D eigenvalue weighted by Gasteiger charge is 2.22. The van der Waals surface area contributed by atoms with Crippen molar-refractivity contribution >= 4 is 37.5 Å². The summed E-state index contributed by atoms with van der Waals surface area (Å²) < 4.78 is 30.9. The molecule has 0 spiro atoms. The van der Waals surface area contributed by atoms with Crippen LogP contribution >= 0.6 is 15.9 Å². The molecule has 22 heavy (non-hydrogen) atoms. The Morgan fingerprint density at radius 1 is 1.45 bits per heavy atom. The molecule has 0 radical (unpaired) electrons. The number of hydrogen-bond donors (Lipinski definition) is 1. The monoisotopic (exact) mass is 392 g/mol. The maximum atomic E-state index is 12.0. The van der Waals surface area contributed by atoms with Crippen molar-refractivity contribution in [2.45, 2.75) is 19.9 Å². The summed E-state index contributed by atoms with van der Waals surface area (Å²) in [6, 6.07) is 4.94. The number of nitrogens with one attached hydrogen (secondary N) is 1. The predicted molar refractivity (Wildman–Crippen MR) is 90.5 cm³/mol. The maximum Gasteiger partial charge on any atom is 0.241 e. The van der Waals surface area contributed by atoms with E-state index < -0.39 is 10.0 Å². The number of ether oxygens (including phenoxy) is 1. The molecule has 0 aromatic heterocycles. The van der Waals surface area contributed by atoms with E-state index in [1.54, 1.807) is 25.1 Å². The molecule has 1 rings (SSSR count). The van der Waals surface area contributed by atoms with Gasteiger partial charge in [0.15, 0.2) is 0 Å². The molecule has 0 saturated carbocycles. The smallest absolute Gasteiger partial charge is 0.241 e. The number of benzene rings is 1. The normalized spacial score (nSPS) is 12.8. The lowest BCUT2D eigenvalue weighted by Crippen LogP contribution is -2.44. The Bertz CT molecular complexity index is 634. The highest BCUT2D eigenvalue weighted by molar-refractivity contribution is 9.10. The molecule has 0 aliphatic heterocycles. The Balaban J connectivity index is 2.95. The van der Waals surface area contributed by atoms with Gasteiger partial charge in [0.05, 0.1) is 18.6 Å². The van der Waals surface area contributed by atoms with E-state index in [-0.39, 0.29) is 18.5 Å². The second-order valence-corrected chi connectivity index (χ2v) is 7.89. The van der Waals surface area contributed by atoms with Crippen LogP contribution in [0.4, 0.5) is 5.69 Å². The molecule has 0 heterocycles. The quantitative estimate of drug-likeness (QED) is 0.765. The fourth-order valence-electron chi connectivity index (χ4n) is 1.93. The van der Waals surface area contributed by atoms with Gasteiger partial charge in [-0.25, -0.2) is 8.42 Å². The number of carbonyl (C=O) groups excluding carboxylic acids is 1. The van der Waals surface area contributed by atoms with Crippen LogP contribution in [0.2, 0.25) is 0 Å². The molecular formula is C14H21BrN2O4S. The van der Waals surface area contributed by atoms with Crippen LogP contribution in [-0.4, -0.2) is 46.9 Å². The Kier molecular flexibility index (Phi) is 6.83. The van der Waals surface area contributed by atoms with Gasteiger partial charge in [0.2, 0.25) is 15.9 Å². The number of carbonyl (C=O) groups is 1. The van der Waals surface area contributed by atoms with Crippen LogP contribution in [0.3, 0.4) is 0 Å². The first-order chi connectivity index (χ1) is 10.1. The van der Waals surface area contributed by atoms with E-state index in [2.05, 4.69) is 21.2 Å². The van der Waals surface area contributed by atoms with E-state index in [0.29, 0.717) is 12.3 Å². The van der Waals surface area contributed by atoms with Gasteiger partial charge in [-0.1, -0.05) is 15.9 Å². The van der Waals surface area contributed by atoms with E-state index in [1.807, 2.05) is 6.92 Å². The van der Waals surface area contributed by atoms with Gasteiger partial charge < -0.3 is 10.1 Å². The second kappa shape index (κ2) is 7.94. The summed E-state index contributed by atoms with van der Waals surface area (Å²) in [6.07, 6.45) is 1.08. The fraction of sp³-hybridized carbons (Fsp3) is 0.500. The van der Waals surface area contributed by atoms with Gasteiger partial charge in [-0.3, -0.25) is 9.10 Å². The SMILES string of the molecule is COC[C@@H](C)NC(=O)CN(c1ccc(Br)c(C)c1)S(C)(=O)=O. The number of sulfonamides is 1. The number of halogens is 1. The zero-order chi connectivity index (χ0) is 16.9. The molecule has 0 aliphatic rings. The van der Waals surface area contributed by atoms with E-state index >= 15 is 0 Å². The van der Waals surface area contributed by atoms with Crippen LogP contribution in [0.5, 0.6) is 0 Å². The van der Waals surface area contributed by atoms with Crippen LogP contribution in [0, 0.1) is 6.92 Å². The van der Waals surface area contributed by atoms with Crippen LogP contribution in [0.15, 0.2) is 22.7 Å². The summed E-state index contributed by atoms with van der Waals surface area (Å²) in [5.74, 6) is -0.379. The molecule has 0 bridgehead atoms. The summed E-state index contributed by atoms with van der Waals surface area (Å²) in [6.45, 7) is 3.74. The summed E-state index contributed by atoms with van der Waals surface area (Å²) in [5, 5.41) is 2.70. The average Bonchev–Trinajstić information content (AvgIpc) is 2.38. The molecule has 1 amide bonds. The first-order valence-corrected chi connectivity index (χ1v) is 9.31. The minimum Gasteiger partial charge on any atom is -0.383 e. The molecule has 1 aromatic rings. The van der Waals surface area contributed by atoms with Crippen molar-refractivity contribution in [1.82, 2.24) is 5.32 Å². The van der Waals surface area contributed by atoms with Gasteiger partial charge in [-0.05, 0) is 37.6 Å². The Hall–Kier alpha value is -1.12. The topological polar surface area (TPSA) is 75.7 Å². The van der Waals surface area contributed by atoms with Crippen molar-refractivity contribution in [2.75, 3.05) is 30.8 Å². The number of anilines is 1. The minimum absolute atomic E-state index is 0.189. The van der Waals surface area contributed by atoms with E-state index in [9.17, 15) is 13.2 Å². The highest BCUT2D eigenvalue weighted by atomic mass is 79.9. The van der Waals surface area contributed by atoms with E-state index in [4.69, 9.17) is 4.74 Å². The Labute approximate surface area is 140 Å². The van der Waals surface area contributed by atoms with Crippen molar-refractivity contribution in [1.29, 1.82) is 0 Å². The van der Waals surface area contributed by atoms with E-state index in [0.717, 1.165) is 20.6 Å². The van der Waals surface area contributed by atoms with Gasteiger partial charge in [0.1, 0.15) is 6.54 Å². The van der Waals surface area contributed by atoms with E-state index in [1.165, 1.54) is 7.11 Å². The zero-order valence-corrected chi connectivity index (χ0v) is 15.5. The highest BCUT2D eigenvalue weighted by Crippen LogP contribution is 2.24. The van der Waals surface area contributed by atoms with Crippen molar-refractivity contribution in [3.05, 3.63) is 28.2 Å². The van der Waals surface area contributed by atoms with Crippen LogP contribution < -0.4 is 9.62 Å². The number of amides is 1. The lowest BCUT2D eigenvalue weighted by Gasteiger charge is -2.23. The van der Waals surface area contributed by atoms with Gasteiger partial charge >= 0.3 is 0 Å². The number of methoxy groups -OCH3 is 1. The standard InChI is InChI=1S/C14H21BrN2O4S/c1-10-7-12(5-6-13(10)15)17(22(4,19)20)8-14(18)16-11(2)9-21-3/h5-7,11H,8-9H2,1-4H3,(H,16,18)/t11-/m1/s1. The fourth-order valence-corrected chi connectivity index (χ4v) is 3.02. The molecule has 6 nitrogen and oxygen atoms in total. The number of rotatable bonds is 7. The van der Waals surface area contributed by atoms with Gasteiger partial charge in [-0.2, -0.15) is 0 Å². The molecule has 1 atom stereocenters. The lowest BCUT2D eigenvalue weighted by atomic mass is 10.2. The van der Waals surface area contributed by atoms with Crippen LogP contribution in [0.25, 0.3) is 0 Å². The Morgan fingerprint density at radius 3 is 2.59 bits per heavy atom. The molecule has 8 heteroatoms. The number of hydrogen-bond acceptors (Lipinski definition) is 4. The van der Waals surface area contributed by atoms with Crippen molar-refractivity contribution < 1.29 is 17.9 Å². The third-order valence-corrected chi connectivity index (χ3v) is 4.97. The summed E-state index contributed by atoms with van der Waals surface area (Å²) in [5.41, 5.74) is 1.34. The number of nitrogens with zero attached hydrogens (tertiary/aromatic N) is 1. The third-order valence-electron chi connectivity index (χ3n) is 2.94. The first-order valence-electron chi connectivity index (χ1n) is 6.67. The second-order valence-electron chi connectivity index (χ2n) is 5.13.